The number of rotatable bonds is 3. The number of aromatic nitrogens is 2. The number of ether oxygens (including phenoxy) is 1. The first-order valence-corrected chi connectivity index (χ1v) is 5.82. The highest BCUT2D eigenvalue weighted by Crippen LogP contribution is 2.23. The van der Waals surface area contributed by atoms with Crippen LogP contribution in [0.2, 0.25) is 0 Å². The summed E-state index contributed by atoms with van der Waals surface area (Å²) in [4.78, 5) is 25.7. The Morgan fingerprint density at radius 2 is 2.26 bits per heavy atom. The molecule has 0 spiro atoms. The topological polar surface area (TPSA) is 86.7 Å². The van der Waals surface area contributed by atoms with Gasteiger partial charge in [0.1, 0.15) is 0 Å². The van der Waals surface area contributed by atoms with Crippen molar-refractivity contribution in [2.45, 2.75) is 6.92 Å². The van der Waals surface area contributed by atoms with Crippen molar-refractivity contribution in [3.63, 3.8) is 0 Å². The lowest BCUT2D eigenvalue weighted by Crippen LogP contribution is -2.04. The molecule has 0 aliphatic carbocycles. The second-order valence-electron chi connectivity index (χ2n) is 3.38. The molecule has 102 valence electrons. The summed E-state index contributed by atoms with van der Waals surface area (Å²) in [6, 6.07) is 1.33. The second kappa shape index (κ2) is 6.11. The number of nitrogens with zero attached hydrogens (tertiary/aromatic N) is 3. The smallest absolute Gasteiger partial charge is 0.358 e. The SMILES string of the molecule is Br.CCOC(=O)c1cn2cc([N+](=O)[O-])cc(Br)c2n1. The molecule has 0 radical (unpaired) electrons. The van der Waals surface area contributed by atoms with Gasteiger partial charge in [-0.3, -0.25) is 14.5 Å². The van der Waals surface area contributed by atoms with Crippen LogP contribution in [0.15, 0.2) is 22.9 Å². The monoisotopic (exact) mass is 393 g/mol. The van der Waals surface area contributed by atoms with Gasteiger partial charge in [-0.1, -0.05) is 0 Å². The summed E-state index contributed by atoms with van der Waals surface area (Å²) in [6.45, 7) is 1.93. The maximum absolute atomic E-state index is 11.5. The number of fused-ring (bicyclic) bond motifs is 1. The van der Waals surface area contributed by atoms with Crippen molar-refractivity contribution in [3.8, 4) is 0 Å². The number of nitro groups is 1. The fourth-order valence-electron chi connectivity index (χ4n) is 1.45. The molecule has 7 nitrogen and oxygen atoms in total. The van der Waals surface area contributed by atoms with E-state index in [0.717, 1.165) is 0 Å². The van der Waals surface area contributed by atoms with Gasteiger partial charge < -0.3 is 4.74 Å². The van der Waals surface area contributed by atoms with Crippen molar-refractivity contribution in [1.29, 1.82) is 0 Å². The standard InChI is InChI=1S/C10H8BrN3O4.BrH/c1-2-18-10(15)8-5-13-4-6(14(16)17)3-7(11)9(13)12-8;/h3-5H,2H2,1H3;1H. The molecule has 0 bridgehead atoms. The first-order chi connectivity index (χ1) is 8.52. The van der Waals surface area contributed by atoms with Gasteiger partial charge in [0.2, 0.25) is 0 Å². The van der Waals surface area contributed by atoms with E-state index in [1.54, 1.807) is 6.92 Å². The Bertz CT molecular complexity index is 641. The molecule has 2 heterocycles. The van der Waals surface area contributed by atoms with Crippen LogP contribution in [-0.4, -0.2) is 26.9 Å². The number of carbonyl (C=O) groups excluding carboxylic acids is 1. The fourth-order valence-corrected chi connectivity index (χ4v) is 1.97. The van der Waals surface area contributed by atoms with Crippen molar-refractivity contribution >= 4 is 50.2 Å². The molecule has 0 aromatic carbocycles. The summed E-state index contributed by atoms with van der Waals surface area (Å²) >= 11 is 3.18. The number of imidazole rings is 1. The maximum Gasteiger partial charge on any atom is 0.358 e. The summed E-state index contributed by atoms with van der Waals surface area (Å²) in [7, 11) is 0. The minimum absolute atomic E-state index is 0. The van der Waals surface area contributed by atoms with Crippen LogP contribution in [-0.2, 0) is 4.74 Å². The molecular weight excluding hydrogens is 386 g/mol. The molecule has 0 N–H and O–H groups in total. The molecule has 0 saturated carbocycles. The zero-order valence-electron chi connectivity index (χ0n) is 9.70. The molecule has 0 amide bonds. The first-order valence-electron chi connectivity index (χ1n) is 5.02. The molecule has 2 rings (SSSR count). The highest BCUT2D eigenvalue weighted by molar-refractivity contribution is 9.10. The molecule has 0 atom stereocenters. The van der Waals surface area contributed by atoms with E-state index in [2.05, 4.69) is 20.9 Å². The Hall–Kier alpha value is -1.48. The highest BCUT2D eigenvalue weighted by Gasteiger charge is 2.16. The third kappa shape index (κ3) is 3.10. The van der Waals surface area contributed by atoms with E-state index in [0.29, 0.717) is 10.1 Å². The average Bonchev–Trinajstić information content (AvgIpc) is 2.73. The number of pyridine rings is 1. The summed E-state index contributed by atoms with van der Waals surface area (Å²) in [6.07, 6.45) is 2.68. The number of carbonyl (C=O) groups is 1. The number of esters is 1. The number of halogens is 2. The molecule has 2 aromatic heterocycles. The Labute approximate surface area is 126 Å². The van der Waals surface area contributed by atoms with Crippen molar-refractivity contribution in [3.05, 3.63) is 38.7 Å². The van der Waals surface area contributed by atoms with Gasteiger partial charge in [0.25, 0.3) is 5.69 Å². The molecular formula is C10H9Br2N3O4. The van der Waals surface area contributed by atoms with E-state index in [1.165, 1.54) is 22.9 Å². The predicted octanol–water partition coefficient (Wildman–Crippen LogP) is 2.76. The Morgan fingerprint density at radius 1 is 1.58 bits per heavy atom. The van der Waals surface area contributed by atoms with Crippen LogP contribution < -0.4 is 0 Å². The third-order valence-corrected chi connectivity index (χ3v) is 2.77. The van der Waals surface area contributed by atoms with Crippen LogP contribution >= 0.6 is 32.9 Å². The summed E-state index contributed by atoms with van der Waals surface area (Å²) in [5.74, 6) is -0.559. The Kier molecular flexibility index (Phi) is 5.01. The van der Waals surface area contributed by atoms with Crippen LogP contribution in [0.25, 0.3) is 5.65 Å². The molecule has 9 heteroatoms. The predicted molar refractivity (Wildman–Crippen MR) is 75.8 cm³/mol. The van der Waals surface area contributed by atoms with Crippen molar-refractivity contribution in [1.82, 2.24) is 9.38 Å². The van der Waals surface area contributed by atoms with E-state index in [-0.39, 0.29) is 35.0 Å². The van der Waals surface area contributed by atoms with Crippen LogP contribution in [0.3, 0.4) is 0 Å². The van der Waals surface area contributed by atoms with E-state index in [9.17, 15) is 14.9 Å². The summed E-state index contributed by atoms with van der Waals surface area (Å²) in [5, 5.41) is 10.7. The Balaban J connectivity index is 0.00000180. The number of hydrogen-bond donors (Lipinski definition) is 0. The van der Waals surface area contributed by atoms with E-state index < -0.39 is 10.9 Å². The van der Waals surface area contributed by atoms with Crippen molar-refractivity contribution in [2.24, 2.45) is 0 Å². The fraction of sp³-hybridized carbons (Fsp3) is 0.200. The minimum atomic E-state index is -0.559. The molecule has 0 aliphatic heterocycles. The van der Waals surface area contributed by atoms with E-state index in [1.807, 2.05) is 0 Å². The minimum Gasteiger partial charge on any atom is -0.461 e. The normalized spacial score (nSPS) is 10.0. The average molecular weight is 395 g/mol. The molecule has 0 saturated heterocycles. The van der Waals surface area contributed by atoms with Gasteiger partial charge in [0.05, 0.1) is 22.2 Å². The molecule has 0 unspecified atom stereocenters. The largest absolute Gasteiger partial charge is 0.461 e. The van der Waals surface area contributed by atoms with Gasteiger partial charge in [-0.05, 0) is 22.9 Å². The van der Waals surface area contributed by atoms with Gasteiger partial charge in [0, 0.05) is 12.3 Å². The van der Waals surface area contributed by atoms with Gasteiger partial charge in [-0.2, -0.15) is 0 Å². The van der Waals surface area contributed by atoms with Crippen molar-refractivity contribution in [2.75, 3.05) is 6.61 Å². The molecule has 2 aromatic rings. The summed E-state index contributed by atoms with van der Waals surface area (Å²) in [5.41, 5.74) is 0.434. The lowest BCUT2D eigenvalue weighted by molar-refractivity contribution is -0.385. The van der Waals surface area contributed by atoms with Crippen LogP contribution in [0.4, 0.5) is 5.69 Å². The highest BCUT2D eigenvalue weighted by atomic mass is 79.9. The van der Waals surface area contributed by atoms with Gasteiger partial charge in [-0.25, -0.2) is 9.78 Å². The maximum atomic E-state index is 11.5. The third-order valence-electron chi connectivity index (χ3n) is 2.19. The van der Waals surface area contributed by atoms with Crippen molar-refractivity contribution < 1.29 is 14.5 Å². The quantitative estimate of drug-likeness (QED) is 0.453. The first kappa shape index (κ1) is 15.6. The van der Waals surface area contributed by atoms with Gasteiger partial charge in [-0.15, -0.1) is 17.0 Å². The zero-order valence-corrected chi connectivity index (χ0v) is 13.0. The lowest BCUT2D eigenvalue weighted by Gasteiger charge is -1.96. The van der Waals surface area contributed by atoms with Gasteiger partial charge >= 0.3 is 5.97 Å². The second-order valence-corrected chi connectivity index (χ2v) is 4.24. The van der Waals surface area contributed by atoms with Crippen LogP contribution in [0, 0.1) is 10.1 Å². The lowest BCUT2D eigenvalue weighted by atomic mass is 10.4. The van der Waals surface area contributed by atoms with Crippen LogP contribution in [0.1, 0.15) is 17.4 Å². The van der Waals surface area contributed by atoms with Gasteiger partial charge in [0.15, 0.2) is 11.3 Å². The molecule has 19 heavy (non-hydrogen) atoms. The van der Waals surface area contributed by atoms with E-state index in [4.69, 9.17) is 4.74 Å². The molecule has 0 fully saturated rings. The molecule has 0 aliphatic rings. The Morgan fingerprint density at radius 3 is 2.84 bits per heavy atom. The summed E-state index contributed by atoms with van der Waals surface area (Å²) < 4.78 is 6.66. The van der Waals surface area contributed by atoms with Crippen LogP contribution in [0.5, 0.6) is 0 Å². The number of hydrogen-bond acceptors (Lipinski definition) is 5. The van der Waals surface area contributed by atoms with E-state index >= 15 is 0 Å². The zero-order chi connectivity index (χ0) is 13.3.